The van der Waals surface area contributed by atoms with Crippen molar-refractivity contribution >= 4 is 17.3 Å². The highest BCUT2D eigenvalue weighted by molar-refractivity contribution is 6.22. The Balaban J connectivity index is 3.45. The molecule has 0 saturated heterocycles. The minimum Gasteiger partial charge on any atom is -0.411 e. The predicted molar refractivity (Wildman–Crippen MR) is 74.3 cm³/mol. The van der Waals surface area contributed by atoms with Crippen LogP contribution in [0.2, 0.25) is 0 Å². The quantitative estimate of drug-likeness (QED) is 0.274. The maximum atomic E-state index is 12.6. The largest absolute Gasteiger partial charge is 0.411 e. The zero-order valence-corrected chi connectivity index (χ0v) is 12.6. The molecule has 0 bridgehead atoms. The van der Waals surface area contributed by atoms with Crippen LogP contribution in [-0.2, 0) is 9.59 Å². The lowest BCUT2D eigenvalue weighted by atomic mass is 9.56. The van der Waals surface area contributed by atoms with Gasteiger partial charge < -0.3 is 5.21 Å². The van der Waals surface area contributed by atoms with E-state index in [1.807, 2.05) is 13.8 Å². The van der Waals surface area contributed by atoms with Gasteiger partial charge in [-0.15, -0.1) is 0 Å². The molecule has 0 spiro atoms. The summed E-state index contributed by atoms with van der Waals surface area (Å²) in [5.74, 6) is -1.14. The molecule has 1 atom stereocenters. The van der Waals surface area contributed by atoms with Gasteiger partial charge in [0.2, 0.25) is 0 Å². The number of carbonyl (C=O) groups excluding carboxylic acids is 2. The van der Waals surface area contributed by atoms with Crippen molar-refractivity contribution in [2.24, 2.45) is 27.8 Å². The van der Waals surface area contributed by atoms with Crippen LogP contribution in [0, 0.1) is 22.7 Å². The molecule has 0 aromatic heterocycles. The Kier molecular flexibility index (Phi) is 3.76. The molecule has 4 heteroatoms. The van der Waals surface area contributed by atoms with E-state index in [0.29, 0.717) is 11.3 Å². The van der Waals surface area contributed by atoms with Crippen LogP contribution >= 0.6 is 0 Å². The number of oxime groups is 1. The molecule has 0 aromatic carbocycles. The molecule has 4 nitrogen and oxygen atoms in total. The maximum Gasteiger partial charge on any atom is 0.158 e. The summed E-state index contributed by atoms with van der Waals surface area (Å²) in [5.41, 5.74) is -0.987. The molecule has 1 unspecified atom stereocenters. The predicted octanol–water partition coefficient (Wildman–Crippen LogP) is 2.85. The first kappa shape index (κ1) is 15.6. The summed E-state index contributed by atoms with van der Waals surface area (Å²) in [6.07, 6.45) is 0. The van der Waals surface area contributed by atoms with Crippen molar-refractivity contribution in [3.8, 4) is 0 Å². The average molecular weight is 265 g/mol. The summed E-state index contributed by atoms with van der Waals surface area (Å²) < 4.78 is 0. The van der Waals surface area contributed by atoms with Crippen molar-refractivity contribution in [2.45, 2.75) is 41.5 Å². The molecule has 1 fully saturated rings. The van der Waals surface area contributed by atoms with E-state index in [0.717, 1.165) is 0 Å². The molecule has 0 heterocycles. The minimum absolute atomic E-state index is 0.0875. The molecule has 0 amide bonds. The summed E-state index contributed by atoms with van der Waals surface area (Å²) in [7, 11) is 0. The van der Waals surface area contributed by atoms with Crippen molar-refractivity contribution < 1.29 is 14.8 Å². The van der Waals surface area contributed by atoms with Crippen LogP contribution in [0.1, 0.15) is 41.5 Å². The molecule has 0 aromatic rings. The highest BCUT2D eigenvalue weighted by Crippen LogP contribution is 2.47. The third kappa shape index (κ3) is 2.13. The summed E-state index contributed by atoms with van der Waals surface area (Å²) in [4.78, 5) is 25.0. The van der Waals surface area contributed by atoms with Crippen LogP contribution in [0.3, 0.4) is 0 Å². The molecular weight excluding hydrogens is 242 g/mol. The van der Waals surface area contributed by atoms with E-state index in [2.05, 4.69) is 11.7 Å². The Labute approximate surface area is 114 Å². The maximum absolute atomic E-state index is 12.6. The van der Waals surface area contributed by atoms with Crippen LogP contribution < -0.4 is 0 Å². The van der Waals surface area contributed by atoms with Gasteiger partial charge in [-0.1, -0.05) is 25.6 Å². The van der Waals surface area contributed by atoms with E-state index in [-0.39, 0.29) is 17.5 Å². The van der Waals surface area contributed by atoms with E-state index in [1.165, 1.54) is 0 Å². The Morgan fingerprint density at radius 2 is 1.68 bits per heavy atom. The van der Waals surface area contributed by atoms with Crippen LogP contribution in [0.5, 0.6) is 0 Å². The van der Waals surface area contributed by atoms with Crippen molar-refractivity contribution in [1.82, 2.24) is 0 Å². The van der Waals surface area contributed by atoms with Gasteiger partial charge in [-0.2, -0.15) is 0 Å². The average Bonchev–Trinajstić information content (AvgIpc) is 2.31. The van der Waals surface area contributed by atoms with Gasteiger partial charge in [0.15, 0.2) is 11.6 Å². The second-order valence-electron chi connectivity index (χ2n) is 6.58. The van der Waals surface area contributed by atoms with Crippen LogP contribution in [-0.4, -0.2) is 22.5 Å². The van der Waals surface area contributed by atoms with E-state index in [9.17, 15) is 14.8 Å². The van der Waals surface area contributed by atoms with Crippen LogP contribution in [0.15, 0.2) is 17.3 Å². The topological polar surface area (TPSA) is 66.7 Å². The fourth-order valence-electron chi connectivity index (χ4n) is 2.74. The number of hydrogen-bond acceptors (Lipinski definition) is 4. The number of Topliss-reactive ketones (excluding diaryl/α,β-unsaturated/α-hetero) is 2. The Hall–Kier alpha value is -1.45. The highest BCUT2D eigenvalue weighted by atomic mass is 16.4. The van der Waals surface area contributed by atoms with E-state index in [4.69, 9.17) is 0 Å². The zero-order valence-electron chi connectivity index (χ0n) is 12.6. The summed E-state index contributed by atoms with van der Waals surface area (Å²) in [6, 6.07) is 0. The number of nitrogens with zero attached hydrogens (tertiary/aromatic N) is 1. The molecule has 0 aliphatic heterocycles. The molecule has 106 valence electrons. The number of hydrogen-bond donors (Lipinski definition) is 1. The van der Waals surface area contributed by atoms with Crippen molar-refractivity contribution in [3.63, 3.8) is 0 Å². The lowest BCUT2D eigenvalue weighted by molar-refractivity contribution is -0.147. The Morgan fingerprint density at radius 3 is 2.05 bits per heavy atom. The van der Waals surface area contributed by atoms with Crippen LogP contribution in [0.4, 0.5) is 0 Å². The molecule has 1 saturated carbocycles. The molecule has 1 N–H and O–H groups in total. The fourth-order valence-corrected chi connectivity index (χ4v) is 2.74. The second-order valence-corrected chi connectivity index (χ2v) is 6.58. The fraction of sp³-hybridized carbons (Fsp3) is 0.667. The molecule has 1 rings (SSSR count). The Bertz CT molecular complexity index is 440. The van der Waals surface area contributed by atoms with E-state index in [1.54, 1.807) is 27.7 Å². The molecule has 1 aliphatic rings. The van der Waals surface area contributed by atoms with Gasteiger partial charge in [0, 0.05) is 5.41 Å². The second kappa shape index (κ2) is 4.58. The Morgan fingerprint density at radius 1 is 1.21 bits per heavy atom. The van der Waals surface area contributed by atoms with Gasteiger partial charge in [0.1, 0.15) is 0 Å². The molecule has 19 heavy (non-hydrogen) atoms. The zero-order chi connectivity index (χ0) is 15.2. The van der Waals surface area contributed by atoms with Crippen molar-refractivity contribution in [3.05, 3.63) is 12.2 Å². The lowest BCUT2D eigenvalue weighted by Gasteiger charge is -2.44. The standard InChI is InChI=1S/C15H23NO3/c1-8(2)11(16-19)10-9(3)14(4,5)13(18)15(6,7)12(10)17/h8,10,19H,3H2,1-2,4-7H3/b16-11-. The first-order valence-corrected chi connectivity index (χ1v) is 6.49. The lowest BCUT2D eigenvalue weighted by Crippen LogP contribution is -2.55. The summed E-state index contributed by atoms with van der Waals surface area (Å²) in [6.45, 7) is 14.4. The van der Waals surface area contributed by atoms with Gasteiger partial charge >= 0.3 is 0 Å². The third-order valence-electron chi connectivity index (χ3n) is 4.17. The van der Waals surface area contributed by atoms with Crippen molar-refractivity contribution in [1.29, 1.82) is 0 Å². The summed E-state index contributed by atoms with van der Waals surface area (Å²) in [5, 5.41) is 12.5. The van der Waals surface area contributed by atoms with Crippen molar-refractivity contribution in [2.75, 3.05) is 0 Å². The first-order valence-electron chi connectivity index (χ1n) is 6.49. The number of carbonyl (C=O) groups is 2. The summed E-state index contributed by atoms with van der Waals surface area (Å²) >= 11 is 0. The van der Waals surface area contributed by atoms with Gasteiger partial charge in [-0.3, -0.25) is 9.59 Å². The SMILES string of the molecule is C=C1C(/C(=N\O)C(C)C)C(=O)C(C)(C)C(=O)C1(C)C. The first-order chi connectivity index (χ1) is 8.49. The van der Waals surface area contributed by atoms with Gasteiger partial charge in [0.05, 0.1) is 17.0 Å². The number of rotatable bonds is 2. The van der Waals surface area contributed by atoms with Gasteiger partial charge in [-0.25, -0.2) is 0 Å². The molecule has 1 aliphatic carbocycles. The number of ketones is 2. The highest BCUT2D eigenvalue weighted by Gasteiger charge is 2.56. The van der Waals surface area contributed by atoms with Crippen LogP contribution in [0.25, 0.3) is 0 Å². The van der Waals surface area contributed by atoms with E-state index < -0.39 is 16.7 Å². The third-order valence-corrected chi connectivity index (χ3v) is 4.17. The van der Waals surface area contributed by atoms with E-state index >= 15 is 0 Å². The van der Waals surface area contributed by atoms with Gasteiger partial charge in [-0.05, 0) is 39.2 Å². The number of allylic oxidation sites excluding steroid dienone is 1. The smallest absolute Gasteiger partial charge is 0.158 e. The molecular formula is C15H23NO3. The minimum atomic E-state index is -1.08. The normalized spacial score (nSPS) is 27.0. The molecule has 0 radical (unpaired) electrons. The monoisotopic (exact) mass is 265 g/mol. The van der Waals surface area contributed by atoms with Gasteiger partial charge in [0.25, 0.3) is 0 Å².